The zero-order valence-electron chi connectivity index (χ0n) is 11.0. The van der Waals surface area contributed by atoms with E-state index in [1.54, 1.807) is 0 Å². The Labute approximate surface area is 97.2 Å². The first kappa shape index (κ1) is 12.3. The summed E-state index contributed by atoms with van der Waals surface area (Å²) in [6.45, 7) is 11.6. The van der Waals surface area contributed by atoms with Gasteiger partial charge >= 0.3 is 0 Å². The molecular weight excluding hydrogens is 208 g/mol. The average Bonchev–Trinajstić information content (AvgIpc) is 2.43. The van der Waals surface area contributed by atoms with E-state index in [0.717, 1.165) is 0 Å². The predicted molar refractivity (Wildman–Crippen MR) is 61.7 cm³/mol. The van der Waals surface area contributed by atoms with Gasteiger partial charge in [0.05, 0.1) is 6.54 Å². The topological polar surface area (TPSA) is 3.24 Å². The minimum Gasteiger partial charge on any atom is -0.293 e. The van der Waals surface area contributed by atoms with Crippen LogP contribution >= 0.6 is 0 Å². The fraction of sp³-hybridized carbons (Fsp3) is 1.00. The Kier molecular flexibility index (Phi) is 2.44. The van der Waals surface area contributed by atoms with Crippen LogP contribution in [0.25, 0.3) is 0 Å². The Morgan fingerprint density at radius 1 is 1.06 bits per heavy atom. The molecule has 1 nitrogen and oxygen atoms in total. The third-order valence-electron chi connectivity index (χ3n) is 5.21. The second-order valence-corrected chi connectivity index (χ2v) is 6.84. The lowest BCUT2D eigenvalue weighted by molar-refractivity contribution is -0.171. The van der Waals surface area contributed by atoms with Gasteiger partial charge in [-0.3, -0.25) is 4.90 Å². The van der Waals surface area contributed by atoms with Gasteiger partial charge in [-0.2, -0.15) is 0 Å². The minimum absolute atomic E-state index is 0.0318. The molecule has 0 aromatic carbocycles. The maximum atomic E-state index is 13.3. The summed E-state index contributed by atoms with van der Waals surface area (Å²) in [5.74, 6) is -1.88. The van der Waals surface area contributed by atoms with Gasteiger partial charge < -0.3 is 0 Å². The normalized spacial score (nSPS) is 40.7. The van der Waals surface area contributed by atoms with Crippen LogP contribution in [0.15, 0.2) is 0 Å². The molecule has 94 valence electrons. The fourth-order valence-electron chi connectivity index (χ4n) is 4.22. The summed E-state index contributed by atoms with van der Waals surface area (Å²) < 4.78 is 26.5. The van der Waals surface area contributed by atoms with Crippen LogP contribution in [0.4, 0.5) is 8.78 Å². The zero-order chi connectivity index (χ0) is 12.4. The lowest BCUT2D eigenvalue weighted by atomic mass is 9.44. The molecule has 2 fully saturated rings. The summed E-state index contributed by atoms with van der Waals surface area (Å²) >= 11 is 0. The summed E-state index contributed by atoms with van der Waals surface area (Å²) in [6, 6.07) is 0.295. The van der Waals surface area contributed by atoms with Gasteiger partial charge in [-0.05, 0) is 16.7 Å². The molecular formula is C13H23F2N. The molecule has 1 saturated carbocycles. The monoisotopic (exact) mass is 231 g/mol. The van der Waals surface area contributed by atoms with Crippen molar-refractivity contribution in [3.63, 3.8) is 0 Å². The largest absolute Gasteiger partial charge is 0.293 e. The standard InChI is InChI=1S/C13H23F2N/c1-9-11(2,3)10(12(9,4)5)16-7-6-13(14,15)8-16/h9-10H,6-8H2,1-5H3. The van der Waals surface area contributed by atoms with Gasteiger partial charge in [0.25, 0.3) is 5.92 Å². The van der Waals surface area contributed by atoms with E-state index in [9.17, 15) is 8.78 Å². The molecule has 0 spiro atoms. The molecule has 1 saturated heterocycles. The van der Waals surface area contributed by atoms with Crippen LogP contribution in [-0.4, -0.2) is 30.0 Å². The Hall–Kier alpha value is -0.180. The molecule has 3 heteroatoms. The van der Waals surface area contributed by atoms with E-state index < -0.39 is 5.92 Å². The molecule has 1 heterocycles. The van der Waals surface area contributed by atoms with Gasteiger partial charge in [-0.1, -0.05) is 34.6 Å². The maximum Gasteiger partial charge on any atom is 0.261 e. The van der Waals surface area contributed by atoms with Gasteiger partial charge in [0.1, 0.15) is 0 Å². The van der Waals surface area contributed by atoms with Gasteiger partial charge in [-0.15, -0.1) is 0 Å². The Morgan fingerprint density at radius 3 is 1.94 bits per heavy atom. The van der Waals surface area contributed by atoms with Crippen LogP contribution in [0.5, 0.6) is 0 Å². The van der Waals surface area contributed by atoms with Crippen molar-refractivity contribution in [3.05, 3.63) is 0 Å². The molecule has 0 N–H and O–H groups in total. The first-order valence-corrected chi connectivity index (χ1v) is 6.21. The molecule has 2 rings (SSSR count). The molecule has 0 unspecified atom stereocenters. The average molecular weight is 231 g/mol. The smallest absolute Gasteiger partial charge is 0.261 e. The Morgan fingerprint density at radius 2 is 1.56 bits per heavy atom. The van der Waals surface area contributed by atoms with Gasteiger partial charge in [0.15, 0.2) is 0 Å². The second kappa shape index (κ2) is 3.18. The molecule has 0 atom stereocenters. The highest BCUT2D eigenvalue weighted by atomic mass is 19.3. The molecule has 0 radical (unpaired) electrons. The van der Waals surface area contributed by atoms with Gasteiger partial charge in [0, 0.05) is 19.0 Å². The number of hydrogen-bond donors (Lipinski definition) is 0. The molecule has 0 bridgehead atoms. The third-order valence-corrected chi connectivity index (χ3v) is 5.21. The van der Waals surface area contributed by atoms with Crippen LogP contribution in [0.2, 0.25) is 0 Å². The van der Waals surface area contributed by atoms with Crippen LogP contribution in [0, 0.1) is 16.7 Å². The zero-order valence-corrected chi connectivity index (χ0v) is 11.0. The van der Waals surface area contributed by atoms with Crippen molar-refractivity contribution in [2.45, 2.75) is 53.0 Å². The lowest BCUT2D eigenvalue weighted by Crippen LogP contribution is -2.68. The van der Waals surface area contributed by atoms with Gasteiger partial charge in [0.2, 0.25) is 0 Å². The van der Waals surface area contributed by atoms with Crippen LogP contribution < -0.4 is 0 Å². The number of rotatable bonds is 1. The Bertz CT molecular complexity index is 280. The van der Waals surface area contributed by atoms with Crippen molar-refractivity contribution >= 4 is 0 Å². The van der Waals surface area contributed by atoms with E-state index in [1.807, 2.05) is 4.90 Å². The van der Waals surface area contributed by atoms with Crippen molar-refractivity contribution < 1.29 is 8.78 Å². The van der Waals surface area contributed by atoms with Crippen molar-refractivity contribution in [1.29, 1.82) is 0 Å². The quantitative estimate of drug-likeness (QED) is 0.668. The van der Waals surface area contributed by atoms with Crippen molar-refractivity contribution in [1.82, 2.24) is 4.90 Å². The highest BCUT2D eigenvalue weighted by molar-refractivity contribution is 5.13. The molecule has 2 aliphatic rings. The summed E-state index contributed by atoms with van der Waals surface area (Å²) in [6.07, 6.45) is 0.0318. The van der Waals surface area contributed by atoms with Crippen LogP contribution in [0.3, 0.4) is 0 Å². The van der Waals surface area contributed by atoms with Crippen LogP contribution in [-0.2, 0) is 0 Å². The SMILES string of the molecule is CC1C(C)(C)C(N2CCC(F)(F)C2)C1(C)C. The number of alkyl halides is 2. The Balaban J connectivity index is 2.16. The molecule has 0 amide bonds. The number of nitrogens with zero attached hydrogens (tertiary/aromatic N) is 1. The summed E-state index contributed by atoms with van der Waals surface area (Å²) in [5, 5.41) is 0. The number of halogens is 2. The number of likely N-dealkylation sites (tertiary alicyclic amines) is 1. The highest BCUT2D eigenvalue weighted by Gasteiger charge is 2.62. The lowest BCUT2D eigenvalue weighted by Gasteiger charge is -2.66. The summed E-state index contributed by atoms with van der Waals surface area (Å²) in [7, 11) is 0. The molecule has 0 aromatic rings. The van der Waals surface area contributed by atoms with E-state index in [-0.39, 0.29) is 23.8 Å². The van der Waals surface area contributed by atoms with E-state index in [1.165, 1.54) is 0 Å². The van der Waals surface area contributed by atoms with Crippen molar-refractivity contribution in [2.24, 2.45) is 16.7 Å². The third kappa shape index (κ3) is 1.51. The van der Waals surface area contributed by atoms with E-state index in [4.69, 9.17) is 0 Å². The van der Waals surface area contributed by atoms with Crippen molar-refractivity contribution in [3.8, 4) is 0 Å². The first-order valence-electron chi connectivity index (χ1n) is 6.21. The van der Waals surface area contributed by atoms with E-state index in [0.29, 0.717) is 18.5 Å². The second-order valence-electron chi connectivity index (χ2n) is 6.84. The van der Waals surface area contributed by atoms with E-state index >= 15 is 0 Å². The minimum atomic E-state index is -2.47. The van der Waals surface area contributed by atoms with E-state index in [2.05, 4.69) is 34.6 Å². The highest BCUT2D eigenvalue weighted by Crippen LogP contribution is 2.61. The maximum absolute atomic E-state index is 13.3. The number of hydrogen-bond acceptors (Lipinski definition) is 1. The summed E-state index contributed by atoms with van der Waals surface area (Å²) in [4.78, 5) is 2.01. The van der Waals surface area contributed by atoms with Crippen LogP contribution in [0.1, 0.15) is 41.0 Å². The van der Waals surface area contributed by atoms with Gasteiger partial charge in [-0.25, -0.2) is 8.78 Å². The predicted octanol–water partition coefficient (Wildman–Crippen LogP) is 3.40. The molecule has 1 aliphatic heterocycles. The van der Waals surface area contributed by atoms with Crippen molar-refractivity contribution in [2.75, 3.05) is 13.1 Å². The first-order chi connectivity index (χ1) is 7.09. The molecule has 16 heavy (non-hydrogen) atoms. The fourth-order valence-corrected chi connectivity index (χ4v) is 4.22. The molecule has 1 aliphatic carbocycles. The molecule has 0 aromatic heterocycles. The summed E-state index contributed by atoms with van der Waals surface area (Å²) in [5.41, 5.74) is 0.313.